The molecule has 9 heteroatoms. The van der Waals surface area contributed by atoms with Gasteiger partial charge in [-0.05, 0) is 55.5 Å². The maximum atomic E-state index is 13.0. The van der Waals surface area contributed by atoms with Crippen molar-refractivity contribution in [2.45, 2.75) is 19.6 Å². The summed E-state index contributed by atoms with van der Waals surface area (Å²) in [6, 6.07) is 15.3. The third-order valence-electron chi connectivity index (χ3n) is 5.36. The van der Waals surface area contributed by atoms with Crippen molar-refractivity contribution in [2.75, 3.05) is 31.6 Å². The summed E-state index contributed by atoms with van der Waals surface area (Å²) < 4.78 is 8.25. The summed E-state index contributed by atoms with van der Waals surface area (Å²) in [4.78, 5) is 17.0. The standard InChI is InChI=1S/C22H24ClN5O2S/c1-3-27-13-17(30-19-7-5-4-6-18(19)27)12-26(2)20(29)14-28-21(24-25-22(28)31)15-8-10-16(23)11-9-15/h4-11,17H,3,12-14H2,1-2H3,(H,25,31). The molecule has 0 bridgehead atoms. The number of aromatic amines is 1. The van der Waals surface area contributed by atoms with Gasteiger partial charge in [-0.1, -0.05) is 23.7 Å². The molecule has 3 aromatic rings. The number of amides is 1. The number of fused-ring (bicyclic) bond motifs is 1. The zero-order chi connectivity index (χ0) is 22.0. The minimum atomic E-state index is -0.114. The second-order valence-corrected chi connectivity index (χ2v) is 8.29. The van der Waals surface area contributed by atoms with Crippen molar-refractivity contribution in [3.63, 3.8) is 0 Å². The Labute approximate surface area is 191 Å². The van der Waals surface area contributed by atoms with Crippen LogP contribution in [-0.4, -0.2) is 58.4 Å². The van der Waals surface area contributed by atoms with E-state index in [2.05, 4.69) is 28.1 Å². The molecule has 162 valence electrons. The summed E-state index contributed by atoms with van der Waals surface area (Å²) in [5.41, 5.74) is 1.92. The van der Waals surface area contributed by atoms with E-state index in [-0.39, 0.29) is 18.6 Å². The largest absolute Gasteiger partial charge is 0.485 e. The number of carbonyl (C=O) groups excluding carboxylic acids is 1. The number of aromatic nitrogens is 3. The molecule has 1 N–H and O–H groups in total. The third-order valence-corrected chi connectivity index (χ3v) is 5.93. The van der Waals surface area contributed by atoms with E-state index >= 15 is 0 Å². The summed E-state index contributed by atoms with van der Waals surface area (Å²) in [5.74, 6) is 1.38. The Kier molecular flexibility index (Phi) is 6.29. The smallest absolute Gasteiger partial charge is 0.242 e. The lowest BCUT2D eigenvalue weighted by molar-refractivity contribution is -0.131. The topological polar surface area (TPSA) is 66.4 Å². The van der Waals surface area contributed by atoms with Crippen LogP contribution in [0.25, 0.3) is 11.4 Å². The summed E-state index contributed by atoms with van der Waals surface area (Å²) in [6.45, 7) is 4.29. The fraction of sp³-hybridized carbons (Fsp3) is 0.318. The normalized spacial score (nSPS) is 15.3. The maximum absolute atomic E-state index is 13.0. The number of hydrogen-bond donors (Lipinski definition) is 1. The molecule has 0 aliphatic carbocycles. The van der Waals surface area contributed by atoms with Gasteiger partial charge in [0, 0.05) is 24.2 Å². The van der Waals surface area contributed by atoms with Crippen molar-refractivity contribution >= 4 is 35.4 Å². The Morgan fingerprint density at radius 2 is 2.03 bits per heavy atom. The number of H-pyrrole nitrogens is 1. The molecule has 1 amide bonds. The Morgan fingerprint density at radius 1 is 1.29 bits per heavy atom. The minimum Gasteiger partial charge on any atom is -0.485 e. The molecule has 1 atom stereocenters. The molecule has 1 unspecified atom stereocenters. The van der Waals surface area contributed by atoms with Gasteiger partial charge in [0.15, 0.2) is 10.6 Å². The molecule has 1 aromatic heterocycles. The molecule has 0 saturated heterocycles. The average Bonchev–Trinajstić information content (AvgIpc) is 3.13. The predicted molar refractivity (Wildman–Crippen MR) is 124 cm³/mol. The monoisotopic (exact) mass is 457 g/mol. The van der Waals surface area contributed by atoms with Crippen molar-refractivity contribution in [3.8, 4) is 17.1 Å². The van der Waals surface area contributed by atoms with Crippen molar-refractivity contribution in [1.82, 2.24) is 19.7 Å². The number of ether oxygens (including phenoxy) is 1. The van der Waals surface area contributed by atoms with Crippen LogP contribution in [0.15, 0.2) is 48.5 Å². The Morgan fingerprint density at radius 3 is 2.77 bits per heavy atom. The molecular formula is C22H24ClN5O2S. The van der Waals surface area contributed by atoms with E-state index in [4.69, 9.17) is 28.6 Å². The van der Waals surface area contributed by atoms with Crippen LogP contribution in [0, 0.1) is 4.77 Å². The first kappa shape index (κ1) is 21.4. The SMILES string of the molecule is CCN1CC(CN(C)C(=O)Cn2c(-c3ccc(Cl)cc3)n[nH]c2=S)Oc2ccccc21. The molecule has 4 rings (SSSR count). The lowest BCUT2D eigenvalue weighted by Crippen LogP contribution is -2.47. The summed E-state index contributed by atoms with van der Waals surface area (Å²) in [7, 11) is 1.79. The van der Waals surface area contributed by atoms with Crippen LogP contribution in [-0.2, 0) is 11.3 Å². The van der Waals surface area contributed by atoms with E-state index in [0.29, 0.717) is 22.2 Å². The van der Waals surface area contributed by atoms with Gasteiger partial charge in [0.05, 0.1) is 18.8 Å². The number of para-hydroxylation sites is 2. The molecule has 1 aliphatic rings. The molecule has 0 spiro atoms. The second-order valence-electron chi connectivity index (χ2n) is 7.47. The number of carbonyl (C=O) groups is 1. The number of nitrogens with one attached hydrogen (secondary N) is 1. The van der Waals surface area contributed by atoms with Gasteiger partial charge >= 0.3 is 0 Å². The highest BCUT2D eigenvalue weighted by Gasteiger charge is 2.27. The highest BCUT2D eigenvalue weighted by Crippen LogP contribution is 2.32. The molecule has 31 heavy (non-hydrogen) atoms. The van der Waals surface area contributed by atoms with Gasteiger partial charge in [-0.2, -0.15) is 5.10 Å². The molecule has 0 saturated carbocycles. The number of anilines is 1. The van der Waals surface area contributed by atoms with Gasteiger partial charge in [0.25, 0.3) is 0 Å². The van der Waals surface area contributed by atoms with E-state index in [0.717, 1.165) is 30.1 Å². The average molecular weight is 458 g/mol. The number of halogens is 1. The van der Waals surface area contributed by atoms with E-state index < -0.39 is 0 Å². The Balaban J connectivity index is 1.46. The summed E-state index contributed by atoms with van der Waals surface area (Å²) in [5, 5.41) is 7.71. The number of rotatable bonds is 6. The molecule has 0 fully saturated rings. The molecular weight excluding hydrogens is 434 g/mol. The van der Waals surface area contributed by atoms with Gasteiger partial charge in [-0.15, -0.1) is 0 Å². The van der Waals surface area contributed by atoms with E-state index in [1.807, 2.05) is 30.3 Å². The van der Waals surface area contributed by atoms with Crippen molar-refractivity contribution < 1.29 is 9.53 Å². The van der Waals surface area contributed by atoms with Crippen LogP contribution in [0.2, 0.25) is 5.02 Å². The number of benzene rings is 2. The molecule has 2 aromatic carbocycles. The second kappa shape index (κ2) is 9.11. The number of hydrogen-bond acceptors (Lipinski definition) is 5. The van der Waals surface area contributed by atoms with Crippen LogP contribution in [0.4, 0.5) is 5.69 Å². The zero-order valence-electron chi connectivity index (χ0n) is 17.4. The van der Waals surface area contributed by atoms with Crippen molar-refractivity contribution in [3.05, 3.63) is 58.3 Å². The van der Waals surface area contributed by atoms with Gasteiger partial charge < -0.3 is 14.5 Å². The molecule has 7 nitrogen and oxygen atoms in total. The Hall–Kier alpha value is -2.84. The maximum Gasteiger partial charge on any atom is 0.242 e. The fourth-order valence-electron chi connectivity index (χ4n) is 3.72. The summed E-state index contributed by atoms with van der Waals surface area (Å²) >= 11 is 11.3. The molecule has 2 heterocycles. The van der Waals surface area contributed by atoms with E-state index in [1.165, 1.54) is 0 Å². The first-order chi connectivity index (χ1) is 15.0. The number of nitrogens with zero attached hydrogens (tertiary/aromatic N) is 4. The first-order valence-electron chi connectivity index (χ1n) is 10.1. The molecule has 0 radical (unpaired) electrons. The minimum absolute atomic E-state index is 0.0711. The highest BCUT2D eigenvalue weighted by atomic mass is 35.5. The quantitative estimate of drug-likeness (QED) is 0.566. The van der Waals surface area contributed by atoms with Crippen LogP contribution in [0.1, 0.15) is 6.92 Å². The van der Waals surface area contributed by atoms with Gasteiger partial charge in [0.2, 0.25) is 5.91 Å². The van der Waals surface area contributed by atoms with E-state index in [1.54, 1.807) is 28.6 Å². The lowest BCUT2D eigenvalue weighted by atomic mass is 10.2. The zero-order valence-corrected chi connectivity index (χ0v) is 19.0. The lowest BCUT2D eigenvalue weighted by Gasteiger charge is -2.37. The van der Waals surface area contributed by atoms with Gasteiger partial charge in [-0.25, -0.2) is 0 Å². The number of likely N-dealkylation sites (N-methyl/N-ethyl adjacent to an activating group) is 2. The van der Waals surface area contributed by atoms with Crippen LogP contribution in [0.5, 0.6) is 5.75 Å². The van der Waals surface area contributed by atoms with Gasteiger partial charge in [-0.3, -0.25) is 14.5 Å². The Bertz CT molecular complexity index is 1130. The predicted octanol–water partition coefficient (Wildman–Crippen LogP) is 4.01. The van der Waals surface area contributed by atoms with Crippen molar-refractivity contribution in [2.24, 2.45) is 0 Å². The van der Waals surface area contributed by atoms with E-state index in [9.17, 15) is 4.79 Å². The molecule has 1 aliphatic heterocycles. The first-order valence-corrected chi connectivity index (χ1v) is 10.9. The van der Waals surface area contributed by atoms with Crippen LogP contribution in [0.3, 0.4) is 0 Å². The highest BCUT2D eigenvalue weighted by molar-refractivity contribution is 7.71. The van der Waals surface area contributed by atoms with Gasteiger partial charge in [0.1, 0.15) is 18.4 Å². The van der Waals surface area contributed by atoms with Crippen molar-refractivity contribution in [1.29, 1.82) is 0 Å². The van der Waals surface area contributed by atoms with Crippen LogP contribution < -0.4 is 9.64 Å². The van der Waals surface area contributed by atoms with Crippen LogP contribution >= 0.6 is 23.8 Å². The summed E-state index contributed by atoms with van der Waals surface area (Å²) in [6.07, 6.45) is -0.114. The third kappa shape index (κ3) is 4.60. The fourth-order valence-corrected chi connectivity index (χ4v) is 4.04.